The Morgan fingerprint density at radius 3 is 2.68 bits per heavy atom. The fourth-order valence-corrected chi connectivity index (χ4v) is 1.55. The van der Waals surface area contributed by atoms with Crippen LogP contribution < -0.4 is 0 Å². The van der Waals surface area contributed by atoms with Gasteiger partial charge in [-0.05, 0) is 44.9 Å². The number of pyridine rings is 1. The zero-order chi connectivity index (χ0) is 14.5. The molecule has 0 bridgehead atoms. The second kappa shape index (κ2) is 6.52. The molecule has 5 heteroatoms. The van der Waals surface area contributed by atoms with E-state index < -0.39 is 11.7 Å². The predicted molar refractivity (Wildman–Crippen MR) is 72.7 cm³/mol. The van der Waals surface area contributed by atoms with E-state index in [-0.39, 0.29) is 13.2 Å². The molecule has 1 amide bonds. The first-order chi connectivity index (χ1) is 8.83. The van der Waals surface area contributed by atoms with Crippen LogP contribution in [0.25, 0.3) is 0 Å². The molecule has 1 rings (SSSR count). The lowest BCUT2D eigenvalue weighted by atomic mass is 10.1. The van der Waals surface area contributed by atoms with Gasteiger partial charge in [0.1, 0.15) is 5.60 Å². The first kappa shape index (κ1) is 15.4. The number of ether oxygens (including phenoxy) is 1. The lowest BCUT2D eigenvalue weighted by Gasteiger charge is -2.27. The fraction of sp³-hybridized carbons (Fsp3) is 0.571. The van der Waals surface area contributed by atoms with Crippen molar-refractivity contribution in [2.24, 2.45) is 0 Å². The third-order valence-electron chi connectivity index (χ3n) is 2.53. The van der Waals surface area contributed by atoms with Gasteiger partial charge in [-0.2, -0.15) is 0 Å². The quantitative estimate of drug-likeness (QED) is 0.906. The van der Waals surface area contributed by atoms with Gasteiger partial charge in [-0.3, -0.25) is 4.98 Å². The van der Waals surface area contributed by atoms with E-state index >= 15 is 0 Å². The number of carbonyl (C=O) groups is 1. The molecule has 0 radical (unpaired) electrons. The maximum atomic E-state index is 12.0. The van der Waals surface area contributed by atoms with Crippen LogP contribution in [0.15, 0.2) is 18.5 Å². The Labute approximate surface area is 114 Å². The third kappa shape index (κ3) is 5.26. The first-order valence-electron chi connectivity index (χ1n) is 6.32. The van der Waals surface area contributed by atoms with E-state index in [0.29, 0.717) is 6.54 Å². The standard InChI is InChI=1S/C14H22N2O3/c1-11-5-6-15-9-12(11)10-16(7-8-17)13(18)19-14(2,3)4/h5-6,9,17H,7-8,10H2,1-4H3. The minimum Gasteiger partial charge on any atom is -0.444 e. The second-order valence-electron chi connectivity index (χ2n) is 5.43. The van der Waals surface area contributed by atoms with Crippen molar-refractivity contribution >= 4 is 6.09 Å². The summed E-state index contributed by atoms with van der Waals surface area (Å²) in [6.07, 6.45) is 3.01. The second-order valence-corrected chi connectivity index (χ2v) is 5.43. The minimum atomic E-state index is -0.547. The van der Waals surface area contributed by atoms with Gasteiger partial charge in [0.25, 0.3) is 0 Å². The molecular formula is C14H22N2O3. The van der Waals surface area contributed by atoms with Crippen molar-refractivity contribution in [2.45, 2.75) is 39.8 Å². The summed E-state index contributed by atoms with van der Waals surface area (Å²) in [5.74, 6) is 0. The van der Waals surface area contributed by atoms with Crippen LogP contribution in [0.1, 0.15) is 31.9 Å². The van der Waals surface area contributed by atoms with E-state index in [1.807, 2.05) is 33.8 Å². The predicted octanol–water partition coefficient (Wildman–Crippen LogP) is 2.12. The highest BCUT2D eigenvalue weighted by molar-refractivity contribution is 5.68. The highest BCUT2D eigenvalue weighted by Crippen LogP contribution is 2.14. The summed E-state index contributed by atoms with van der Waals surface area (Å²) < 4.78 is 5.32. The van der Waals surface area contributed by atoms with Crippen LogP contribution in [0, 0.1) is 6.92 Å². The third-order valence-corrected chi connectivity index (χ3v) is 2.53. The summed E-state index contributed by atoms with van der Waals surface area (Å²) in [7, 11) is 0. The van der Waals surface area contributed by atoms with Crippen molar-refractivity contribution in [2.75, 3.05) is 13.2 Å². The molecule has 0 aromatic carbocycles. The van der Waals surface area contributed by atoms with Gasteiger partial charge in [0.15, 0.2) is 0 Å². The Morgan fingerprint density at radius 2 is 2.16 bits per heavy atom. The Balaban J connectivity index is 2.78. The summed E-state index contributed by atoms with van der Waals surface area (Å²) in [5.41, 5.74) is 1.46. The smallest absolute Gasteiger partial charge is 0.410 e. The van der Waals surface area contributed by atoms with Crippen LogP contribution in [0.3, 0.4) is 0 Å². The summed E-state index contributed by atoms with van der Waals surface area (Å²) >= 11 is 0. The largest absolute Gasteiger partial charge is 0.444 e. The number of aliphatic hydroxyl groups excluding tert-OH is 1. The number of aliphatic hydroxyl groups is 1. The highest BCUT2D eigenvalue weighted by atomic mass is 16.6. The molecule has 106 valence electrons. The van der Waals surface area contributed by atoms with Crippen molar-refractivity contribution < 1.29 is 14.6 Å². The van der Waals surface area contributed by atoms with Crippen LogP contribution in [-0.4, -0.2) is 39.8 Å². The number of hydrogen-bond acceptors (Lipinski definition) is 4. The van der Waals surface area contributed by atoms with Gasteiger partial charge in [0.2, 0.25) is 0 Å². The molecule has 0 unspecified atom stereocenters. The molecule has 0 aliphatic heterocycles. The Morgan fingerprint density at radius 1 is 1.47 bits per heavy atom. The molecule has 0 aliphatic rings. The lowest BCUT2D eigenvalue weighted by Crippen LogP contribution is -2.38. The Kier molecular flexibility index (Phi) is 5.30. The van der Waals surface area contributed by atoms with E-state index in [9.17, 15) is 4.79 Å². The zero-order valence-corrected chi connectivity index (χ0v) is 12.0. The average molecular weight is 266 g/mol. The number of aromatic nitrogens is 1. The molecule has 1 aromatic rings. The van der Waals surface area contributed by atoms with Crippen molar-refractivity contribution in [1.29, 1.82) is 0 Å². The van der Waals surface area contributed by atoms with Gasteiger partial charge in [-0.25, -0.2) is 4.79 Å². The lowest BCUT2D eigenvalue weighted by molar-refractivity contribution is 0.0201. The number of carbonyl (C=O) groups excluding carboxylic acids is 1. The summed E-state index contributed by atoms with van der Waals surface area (Å²) in [5, 5.41) is 9.07. The van der Waals surface area contributed by atoms with E-state index in [0.717, 1.165) is 11.1 Å². The van der Waals surface area contributed by atoms with Crippen LogP contribution in [0.5, 0.6) is 0 Å². The monoisotopic (exact) mass is 266 g/mol. The summed E-state index contributed by atoms with van der Waals surface area (Å²) in [6.45, 7) is 7.94. The molecule has 0 atom stereocenters. The molecular weight excluding hydrogens is 244 g/mol. The Bertz CT molecular complexity index is 427. The molecule has 0 fully saturated rings. The SMILES string of the molecule is Cc1ccncc1CN(CCO)C(=O)OC(C)(C)C. The van der Waals surface area contributed by atoms with Crippen LogP contribution >= 0.6 is 0 Å². The molecule has 19 heavy (non-hydrogen) atoms. The minimum absolute atomic E-state index is 0.0987. The van der Waals surface area contributed by atoms with Crippen molar-refractivity contribution in [3.8, 4) is 0 Å². The number of rotatable bonds is 4. The average Bonchev–Trinajstić information content (AvgIpc) is 2.29. The Hall–Kier alpha value is -1.62. The maximum absolute atomic E-state index is 12.0. The van der Waals surface area contributed by atoms with Crippen LogP contribution in [-0.2, 0) is 11.3 Å². The number of amides is 1. The fourth-order valence-electron chi connectivity index (χ4n) is 1.55. The number of hydrogen-bond donors (Lipinski definition) is 1. The van der Waals surface area contributed by atoms with E-state index in [4.69, 9.17) is 9.84 Å². The molecule has 0 spiro atoms. The van der Waals surface area contributed by atoms with Crippen molar-refractivity contribution in [3.05, 3.63) is 29.6 Å². The molecule has 1 N–H and O–H groups in total. The molecule has 0 aliphatic carbocycles. The van der Waals surface area contributed by atoms with Crippen LogP contribution in [0.2, 0.25) is 0 Å². The molecule has 1 aromatic heterocycles. The van der Waals surface area contributed by atoms with Gasteiger partial charge in [-0.15, -0.1) is 0 Å². The molecule has 0 saturated heterocycles. The van der Waals surface area contributed by atoms with Gasteiger partial charge < -0.3 is 14.7 Å². The van der Waals surface area contributed by atoms with Crippen molar-refractivity contribution in [3.63, 3.8) is 0 Å². The van der Waals surface area contributed by atoms with Gasteiger partial charge in [-0.1, -0.05) is 0 Å². The summed E-state index contributed by atoms with van der Waals surface area (Å²) in [6, 6.07) is 1.89. The topological polar surface area (TPSA) is 62.7 Å². The van der Waals surface area contributed by atoms with E-state index in [1.165, 1.54) is 4.90 Å². The van der Waals surface area contributed by atoms with E-state index in [1.54, 1.807) is 12.4 Å². The maximum Gasteiger partial charge on any atom is 0.410 e. The van der Waals surface area contributed by atoms with Gasteiger partial charge in [0.05, 0.1) is 13.2 Å². The molecule has 1 heterocycles. The highest BCUT2D eigenvalue weighted by Gasteiger charge is 2.22. The molecule has 5 nitrogen and oxygen atoms in total. The van der Waals surface area contributed by atoms with Gasteiger partial charge in [0, 0.05) is 18.9 Å². The number of nitrogens with zero attached hydrogens (tertiary/aromatic N) is 2. The first-order valence-corrected chi connectivity index (χ1v) is 6.32. The summed E-state index contributed by atoms with van der Waals surface area (Å²) in [4.78, 5) is 17.6. The zero-order valence-electron chi connectivity index (χ0n) is 12.0. The van der Waals surface area contributed by atoms with Crippen LogP contribution in [0.4, 0.5) is 4.79 Å². The number of aryl methyl sites for hydroxylation is 1. The van der Waals surface area contributed by atoms with Crippen molar-refractivity contribution in [1.82, 2.24) is 9.88 Å². The van der Waals surface area contributed by atoms with E-state index in [2.05, 4.69) is 4.98 Å². The molecule has 0 saturated carbocycles. The normalized spacial score (nSPS) is 11.2. The van der Waals surface area contributed by atoms with Gasteiger partial charge >= 0.3 is 6.09 Å².